The quantitative estimate of drug-likeness (QED) is 0.631. The van der Waals surface area contributed by atoms with Crippen LogP contribution in [-0.2, 0) is 21.9 Å². The zero-order chi connectivity index (χ0) is 25.9. The van der Waals surface area contributed by atoms with Crippen LogP contribution < -0.4 is 9.46 Å². The second-order valence-corrected chi connectivity index (χ2v) is 11.9. The molecule has 1 aromatic heterocycles. The summed E-state index contributed by atoms with van der Waals surface area (Å²) in [5.74, 6) is 0.444. The number of sulfonamides is 1. The molecule has 2 aliphatic heterocycles. The lowest BCUT2D eigenvalue weighted by Crippen LogP contribution is -2.51. The van der Waals surface area contributed by atoms with Gasteiger partial charge >= 0.3 is 0 Å². The summed E-state index contributed by atoms with van der Waals surface area (Å²) in [6, 6.07) is 5.02. The third-order valence-corrected chi connectivity index (χ3v) is 8.55. The molecular weight excluding hydrogens is 482 g/mol. The van der Waals surface area contributed by atoms with Crippen LogP contribution in [0.2, 0.25) is 0 Å². The zero-order valence-electron chi connectivity index (χ0n) is 21.3. The third-order valence-electron chi connectivity index (χ3n) is 7.08. The number of hydrogen-bond acceptors (Lipinski definition) is 7. The van der Waals surface area contributed by atoms with Crippen LogP contribution in [0.15, 0.2) is 35.5 Å². The van der Waals surface area contributed by atoms with E-state index in [1.165, 1.54) is 0 Å². The maximum absolute atomic E-state index is 13.2. The first kappa shape index (κ1) is 26.6. The molecule has 1 spiro atoms. The Morgan fingerprint density at radius 2 is 2.00 bits per heavy atom. The summed E-state index contributed by atoms with van der Waals surface area (Å²) in [5, 5.41) is 14.8. The van der Waals surface area contributed by atoms with E-state index < -0.39 is 16.1 Å². The number of benzene rings is 1. The number of likely N-dealkylation sites (tertiary alicyclic amines) is 1. The maximum Gasteiger partial charge on any atom is 0.244 e. The van der Waals surface area contributed by atoms with E-state index in [0.717, 1.165) is 30.4 Å². The number of ether oxygens (including phenoxy) is 1. The van der Waals surface area contributed by atoms with Gasteiger partial charge < -0.3 is 19.6 Å². The van der Waals surface area contributed by atoms with Gasteiger partial charge in [0.15, 0.2) is 0 Å². The number of aliphatic hydroxyl groups excluding tert-OH is 1. The first-order valence-corrected chi connectivity index (χ1v) is 14.0. The smallest absolute Gasteiger partial charge is 0.244 e. The number of carbonyl (C=O) groups excluding carboxylic acids is 1. The lowest BCUT2D eigenvalue weighted by molar-refractivity contribution is -0.134. The molecule has 3 heterocycles. The monoisotopic (exact) mass is 519 g/mol. The lowest BCUT2D eigenvalue weighted by atomic mass is 9.78. The molecule has 11 heteroatoms. The van der Waals surface area contributed by atoms with Crippen LogP contribution in [0.3, 0.4) is 0 Å². The fourth-order valence-electron chi connectivity index (χ4n) is 5.12. The second kappa shape index (κ2) is 10.9. The number of amides is 1. The highest BCUT2D eigenvalue weighted by molar-refractivity contribution is 7.89. The summed E-state index contributed by atoms with van der Waals surface area (Å²) >= 11 is 0. The molecule has 2 aliphatic rings. The van der Waals surface area contributed by atoms with Gasteiger partial charge in [0.05, 0.1) is 18.9 Å². The summed E-state index contributed by atoms with van der Waals surface area (Å²) < 4.78 is 36.9. The van der Waals surface area contributed by atoms with Crippen LogP contribution in [0, 0.1) is 5.41 Å². The van der Waals surface area contributed by atoms with Gasteiger partial charge in [-0.1, -0.05) is 13.0 Å². The number of aromatic nitrogens is 2. The summed E-state index contributed by atoms with van der Waals surface area (Å²) in [4.78, 5) is 16.5. The lowest BCUT2D eigenvalue weighted by Gasteiger charge is -2.44. The molecule has 1 fully saturated rings. The standard InChI is InChI=1S/C25H37N5O5S/c1-4-5-24(32)30-10-8-25(9-11-30)17-28(2)16-21(31)14-27-36(33,34)23-7-6-19(12-22(23)35-18-25)20-13-26-29(3)15-20/h6-7,12-13,15,21,27,31H,4-5,8-11,14,16-18H2,1-3H3. The molecule has 0 aliphatic carbocycles. The summed E-state index contributed by atoms with van der Waals surface area (Å²) in [6.45, 7) is 4.50. The molecule has 0 bridgehead atoms. The van der Waals surface area contributed by atoms with Crippen molar-refractivity contribution in [3.05, 3.63) is 30.6 Å². The predicted octanol–water partition coefficient (Wildman–Crippen LogP) is 1.46. The Hall–Kier alpha value is -2.47. The van der Waals surface area contributed by atoms with Crippen molar-refractivity contribution in [3.8, 4) is 16.9 Å². The number of piperidine rings is 1. The Balaban J connectivity index is 1.66. The zero-order valence-corrected chi connectivity index (χ0v) is 22.1. The number of rotatable bonds is 3. The number of carbonyl (C=O) groups is 1. The van der Waals surface area contributed by atoms with Crippen molar-refractivity contribution in [3.63, 3.8) is 0 Å². The maximum atomic E-state index is 13.2. The van der Waals surface area contributed by atoms with Gasteiger partial charge in [0, 0.05) is 63.4 Å². The number of fused-ring (bicyclic) bond motifs is 1. The number of nitrogens with zero attached hydrogens (tertiary/aromatic N) is 4. The number of aryl methyl sites for hydroxylation is 1. The van der Waals surface area contributed by atoms with Gasteiger partial charge in [0.2, 0.25) is 15.9 Å². The largest absolute Gasteiger partial charge is 0.492 e. The average molecular weight is 520 g/mol. The van der Waals surface area contributed by atoms with E-state index in [1.807, 2.05) is 37.0 Å². The molecule has 1 unspecified atom stereocenters. The van der Waals surface area contributed by atoms with Gasteiger partial charge in [-0.15, -0.1) is 0 Å². The van der Waals surface area contributed by atoms with Crippen molar-refractivity contribution >= 4 is 15.9 Å². The minimum Gasteiger partial charge on any atom is -0.492 e. The number of aliphatic hydroxyl groups is 1. The van der Waals surface area contributed by atoms with Crippen LogP contribution >= 0.6 is 0 Å². The molecule has 1 amide bonds. The topological polar surface area (TPSA) is 117 Å². The molecule has 36 heavy (non-hydrogen) atoms. The van der Waals surface area contributed by atoms with Gasteiger partial charge in [-0.05, 0) is 44.0 Å². The number of hydrogen-bond donors (Lipinski definition) is 2. The molecule has 1 aromatic carbocycles. The fraction of sp³-hybridized carbons (Fsp3) is 0.600. The van der Waals surface area contributed by atoms with Gasteiger partial charge in [-0.25, -0.2) is 13.1 Å². The Kier molecular flexibility index (Phi) is 8.03. The first-order chi connectivity index (χ1) is 17.1. The van der Waals surface area contributed by atoms with E-state index in [4.69, 9.17) is 4.74 Å². The van der Waals surface area contributed by atoms with E-state index in [9.17, 15) is 18.3 Å². The summed E-state index contributed by atoms with van der Waals surface area (Å²) in [7, 11) is -0.160. The molecule has 198 valence electrons. The van der Waals surface area contributed by atoms with Gasteiger partial charge in [-0.2, -0.15) is 5.10 Å². The Bertz CT molecular complexity index is 1170. The predicted molar refractivity (Wildman–Crippen MR) is 136 cm³/mol. The molecule has 2 aromatic rings. The van der Waals surface area contributed by atoms with Gasteiger partial charge in [0.25, 0.3) is 0 Å². The number of nitrogens with one attached hydrogen (secondary N) is 1. The molecule has 1 atom stereocenters. The van der Waals surface area contributed by atoms with E-state index >= 15 is 0 Å². The van der Waals surface area contributed by atoms with Crippen LogP contribution in [0.5, 0.6) is 5.75 Å². The van der Waals surface area contributed by atoms with E-state index in [2.05, 4.69) is 9.82 Å². The molecule has 0 radical (unpaired) electrons. The molecule has 10 nitrogen and oxygen atoms in total. The molecule has 2 N–H and O–H groups in total. The van der Waals surface area contributed by atoms with E-state index in [0.29, 0.717) is 39.2 Å². The van der Waals surface area contributed by atoms with Crippen molar-refractivity contribution in [1.82, 2.24) is 24.3 Å². The summed E-state index contributed by atoms with van der Waals surface area (Å²) in [5.41, 5.74) is 1.37. The second-order valence-electron chi connectivity index (χ2n) is 10.2. The molecule has 0 saturated carbocycles. The van der Waals surface area contributed by atoms with Crippen molar-refractivity contribution < 1.29 is 23.1 Å². The number of β-amino-alcohol motifs (C(OH)–C–C–N with tert-alkyl or cyclic N) is 1. The summed E-state index contributed by atoms with van der Waals surface area (Å²) in [6.07, 6.45) is 5.58. The van der Waals surface area contributed by atoms with Crippen LogP contribution in [0.1, 0.15) is 32.6 Å². The SMILES string of the molecule is CCCC(=O)N1CCC2(CC1)COc1cc(-c3cnn(C)c3)ccc1S(=O)(=O)NCC(O)CN(C)C2. The fourth-order valence-corrected chi connectivity index (χ4v) is 6.32. The van der Waals surface area contributed by atoms with Crippen molar-refractivity contribution in [2.75, 3.05) is 46.4 Å². The highest BCUT2D eigenvalue weighted by atomic mass is 32.2. The van der Waals surface area contributed by atoms with Gasteiger partial charge in [-0.3, -0.25) is 9.48 Å². The van der Waals surface area contributed by atoms with Crippen LogP contribution in [0.4, 0.5) is 0 Å². The third kappa shape index (κ3) is 6.08. The molecule has 1 saturated heterocycles. The van der Waals surface area contributed by atoms with Crippen molar-refractivity contribution in [1.29, 1.82) is 0 Å². The van der Waals surface area contributed by atoms with E-state index in [-0.39, 0.29) is 28.5 Å². The number of likely N-dealkylation sites (N-methyl/N-ethyl adjacent to an activating group) is 1. The highest BCUT2D eigenvalue weighted by Crippen LogP contribution is 2.36. The van der Waals surface area contributed by atoms with E-state index in [1.54, 1.807) is 29.1 Å². The first-order valence-electron chi connectivity index (χ1n) is 12.5. The minimum absolute atomic E-state index is 0.0435. The Labute approximate surface area is 213 Å². The van der Waals surface area contributed by atoms with Gasteiger partial charge in [0.1, 0.15) is 10.6 Å². The van der Waals surface area contributed by atoms with Crippen LogP contribution in [-0.4, -0.2) is 91.5 Å². The Morgan fingerprint density at radius 3 is 2.67 bits per heavy atom. The highest BCUT2D eigenvalue weighted by Gasteiger charge is 2.38. The van der Waals surface area contributed by atoms with Crippen LogP contribution in [0.25, 0.3) is 11.1 Å². The molecular formula is C25H37N5O5S. The molecule has 4 rings (SSSR count). The Morgan fingerprint density at radius 1 is 1.25 bits per heavy atom. The average Bonchev–Trinajstić information content (AvgIpc) is 3.27. The minimum atomic E-state index is -3.91. The van der Waals surface area contributed by atoms with Crippen molar-refractivity contribution in [2.24, 2.45) is 12.5 Å². The van der Waals surface area contributed by atoms with Crippen molar-refractivity contribution in [2.45, 2.75) is 43.6 Å². The normalized spacial score (nSPS) is 22.8.